The molecule has 1 atom stereocenters. The number of aliphatic hydroxyl groups is 1. The van der Waals surface area contributed by atoms with Gasteiger partial charge in [-0.05, 0) is 29.7 Å². The van der Waals surface area contributed by atoms with Crippen molar-refractivity contribution in [3.8, 4) is 5.88 Å². The largest absolute Gasteiger partial charge is 0.480 e. The van der Waals surface area contributed by atoms with Gasteiger partial charge in [0.2, 0.25) is 5.88 Å². The Hall–Kier alpha value is -2.40. The second-order valence-corrected chi connectivity index (χ2v) is 4.86. The van der Waals surface area contributed by atoms with Gasteiger partial charge in [-0.1, -0.05) is 31.2 Å². The lowest BCUT2D eigenvalue weighted by atomic mass is 10.0. The highest BCUT2D eigenvalue weighted by Crippen LogP contribution is 2.18. The van der Waals surface area contributed by atoms with Crippen molar-refractivity contribution in [3.63, 3.8) is 0 Å². The van der Waals surface area contributed by atoms with E-state index in [0.29, 0.717) is 5.56 Å². The number of aryl methyl sites for hydroxylation is 1. The van der Waals surface area contributed by atoms with E-state index in [9.17, 15) is 9.90 Å². The maximum Gasteiger partial charge on any atom is 0.257 e. The zero-order valence-electron chi connectivity index (χ0n) is 12.7. The first-order chi connectivity index (χ1) is 10.7. The van der Waals surface area contributed by atoms with Crippen molar-refractivity contribution < 1.29 is 14.6 Å². The molecule has 0 aliphatic carbocycles. The number of pyridine rings is 1. The Kier molecular flexibility index (Phi) is 5.49. The molecular formula is C17H20N2O3. The van der Waals surface area contributed by atoms with E-state index < -0.39 is 6.04 Å². The predicted octanol–water partition coefficient (Wildman–Crippen LogP) is 2.12. The van der Waals surface area contributed by atoms with E-state index in [1.807, 2.05) is 24.3 Å². The van der Waals surface area contributed by atoms with E-state index in [0.717, 1.165) is 12.0 Å². The first-order valence-corrected chi connectivity index (χ1v) is 7.19. The molecule has 0 saturated heterocycles. The number of aliphatic hydroxyl groups excluding tert-OH is 1. The minimum Gasteiger partial charge on any atom is -0.480 e. The Morgan fingerprint density at radius 2 is 2.05 bits per heavy atom. The zero-order chi connectivity index (χ0) is 15.9. The van der Waals surface area contributed by atoms with E-state index >= 15 is 0 Å². The first kappa shape index (κ1) is 16.0. The Morgan fingerprint density at radius 3 is 2.64 bits per heavy atom. The summed E-state index contributed by atoms with van der Waals surface area (Å²) in [5.74, 6) is -0.0680. The summed E-state index contributed by atoms with van der Waals surface area (Å²) in [5, 5.41) is 12.4. The fraction of sp³-hybridized carbons (Fsp3) is 0.294. The summed E-state index contributed by atoms with van der Waals surface area (Å²) >= 11 is 0. The van der Waals surface area contributed by atoms with E-state index in [1.165, 1.54) is 12.7 Å². The number of amides is 1. The van der Waals surface area contributed by atoms with E-state index in [2.05, 4.69) is 17.2 Å². The van der Waals surface area contributed by atoms with Crippen LogP contribution in [0.15, 0.2) is 42.6 Å². The number of rotatable bonds is 6. The van der Waals surface area contributed by atoms with Crippen LogP contribution in [0.2, 0.25) is 0 Å². The van der Waals surface area contributed by atoms with Gasteiger partial charge in [0.25, 0.3) is 5.91 Å². The summed E-state index contributed by atoms with van der Waals surface area (Å²) in [5.41, 5.74) is 2.41. The molecule has 22 heavy (non-hydrogen) atoms. The van der Waals surface area contributed by atoms with Crippen LogP contribution in [0.5, 0.6) is 5.88 Å². The number of ether oxygens (including phenoxy) is 1. The number of nitrogens with one attached hydrogen (secondary N) is 1. The fourth-order valence-electron chi connectivity index (χ4n) is 2.18. The highest BCUT2D eigenvalue weighted by Gasteiger charge is 2.18. The van der Waals surface area contributed by atoms with Gasteiger partial charge in [-0.2, -0.15) is 0 Å². The highest BCUT2D eigenvalue weighted by atomic mass is 16.5. The molecular weight excluding hydrogens is 280 g/mol. The Morgan fingerprint density at radius 1 is 1.32 bits per heavy atom. The lowest BCUT2D eigenvalue weighted by Crippen LogP contribution is -2.31. The molecule has 0 radical (unpaired) electrons. The number of carbonyl (C=O) groups excluding carboxylic acids is 1. The molecule has 1 aromatic carbocycles. The second-order valence-electron chi connectivity index (χ2n) is 4.86. The summed E-state index contributed by atoms with van der Waals surface area (Å²) in [7, 11) is 1.46. The van der Waals surface area contributed by atoms with Gasteiger partial charge in [0, 0.05) is 6.20 Å². The first-order valence-electron chi connectivity index (χ1n) is 7.19. The molecule has 1 aromatic heterocycles. The van der Waals surface area contributed by atoms with E-state index in [-0.39, 0.29) is 18.4 Å². The van der Waals surface area contributed by atoms with Crippen molar-refractivity contribution in [2.24, 2.45) is 0 Å². The van der Waals surface area contributed by atoms with Gasteiger partial charge in [0.1, 0.15) is 5.56 Å². The zero-order valence-corrected chi connectivity index (χ0v) is 12.7. The number of carbonyl (C=O) groups is 1. The van der Waals surface area contributed by atoms with Crippen molar-refractivity contribution in [1.29, 1.82) is 0 Å². The summed E-state index contributed by atoms with van der Waals surface area (Å²) < 4.78 is 5.08. The summed E-state index contributed by atoms with van der Waals surface area (Å²) in [4.78, 5) is 16.3. The molecule has 1 unspecified atom stereocenters. The molecule has 2 rings (SSSR count). The maximum atomic E-state index is 12.3. The van der Waals surface area contributed by atoms with Crippen LogP contribution >= 0.6 is 0 Å². The fourth-order valence-corrected chi connectivity index (χ4v) is 2.18. The lowest BCUT2D eigenvalue weighted by molar-refractivity contribution is 0.0912. The predicted molar refractivity (Wildman–Crippen MR) is 83.9 cm³/mol. The quantitative estimate of drug-likeness (QED) is 0.857. The van der Waals surface area contributed by atoms with Crippen LogP contribution in [0, 0.1) is 0 Å². The van der Waals surface area contributed by atoms with Gasteiger partial charge in [-0.25, -0.2) is 4.98 Å². The van der Waals surface area contributed by atoms with Crippen LogP contribution in [0.25, 0.3) is 0 Å². The number of hydrogen-bond acceptors (Lipinski definition) is 4. The maximum absolute atomic E-state index is 12.3. The molecule has 0 aliphatic rings. The van der Waals surface area contributed by atoms with E-state index in [4.69, 9.17) is 4.74 Å². The van der Waals surface area contributed by atoms with Crippen LogP contribution in [0.1, 0.15) is 34.5 Å². The molecule has 1 heterocycles. The van der Waals surface area contributed by atoms with Gasteiger partial charge in [-0.15, -0.1) is 0 Å². The minimum atomic E-state index is -0.469. The molecule has 0 spiro atoms. The third-order valence-corrected chi connectivity index (χ3v) is 3.49. The van der Waals surface area contributed by atoms with Crippen LogP contribution < -0.4 is 10.1 Å². The summed E-state index contributed by atoms with van der Waals surface area (Å²) in [6.45, 7) is 1.90. The van der Waals surface area contributed by atoms with Gasteiger partial charge < -0.3 is 15.2 Å². The average Bonchev–Trinajstić information content (AvgIpc) is 2.59. The Balaban J connectivity index is 2.16. The average molecular weight is 300 g/mol. The van der Waals surface area contributed by atoms with Crippen molar-refractivity contribution in [2.45, 2.75) is 19.4 Å². The third-order valence-electron chi connectivity index (χ3n) is 3.49. The highest BCUT2D eigenvalue weighted by molar-refractivity contribution is 5.96. The third kappa shape index (κ3) is 3.62. The van der Waals surface area contributed by atoms with Crippen LogP contribution in [-0.2, 0) is 6.42 Å². The Labute approximate surface area is 130 Å². The molecule has 2 aromatic rings. The van der Waals surface area contributed by atoms with Crippen LogP contribution in [0.4, 0.5) is 0 Å². The minimum absolute atomic E-state index is 0.181. The molecule has 0 saturated carbocycles. The number of aromatic nitrogens is 1. The summed E-state index contributed by atoms with van der Waals surface area (Å²) in [6.07, 6.45) is 2.51. The van der Waals surface area contributed by atoms with Crippen molar-refractivity contribution in [3.05, 3.63) is 59.3 Å². The van der Waals surface area contributed by atoms with Crippen molar-refractivity contribution in [2.75, 3.05) is 13.7 Å². The van der Waals surface area contributed by atoms with Gasteiger partial charge in [0.15, 0.2) is 0 Å². The van der Waals surface area contributed by atoms with Gasteiger partial charge in [-0.3, -0.25) is 4.79 Å². The number of hydrogen-bond donors (Lipinski definition) is 2. The molecule has 0 aliphatic heterocycles. The number of methoxy groups -OCH3 is 1. The standard InChI is InChI=1S/C17H20N2O3/c1-3-12-6-8-13(9-7-12)15(11-20)19-16(21)14-5-4-10-18-17(14)22-2/h4-10,15,20H,3,11H2,1-2H3,(H,19,21). The van der Waals surface area contributed by atoms with Gasteiger partial charge >= 0.3 is 0 Å². The molecule has 1 amide bonds. The number of benzene rings is 1. The normalized spacial score (nSPS) is 11.8. The van der Waals surface area contributed by atoms with E-state index in [1.54, 1.807) is 18.3 Å². The topological polar surface area (TPSA) is 71.5 Å². The van der Waals surface area contributed by atoms with Crippen LogP contribution in [-0.4, -0.2) is 29.7 Å². The second kappa shape index (κ2) is 7.56. The van der Waals surface area contributed by atoms with Crippen LogP contribution in [0.3, 0.4) is 0 Å². The molecule has 0 fully saturated rings. The smallest absolute Gasteiger partial charge is 0.257 e. The Bertz CT molecular complexity index is 626. The molecule has 116 valence electrons. The molecule has 2 N–H and O–H groups in total. The summed E-state index contributed by atoms with van der Waals surface area (Å²) in [6, 6.07) is 10.7. The van der Waals surface area contributed by atoms with Crippen molar-refractivity contribution in [1.82, 2.24) is 10.3 Å². The molecule has 5 nitrogen and oxygen atoms in total. The monoisotopic (exact) mass is 300 g/mol. The molecule has 0 bridgehead atoms. The van der Waals surface area contributed by atoms with Crippen molar-refractivity contribution >= 4 is 5.91 Å². The lowest BCUT2D eigenvalue weighted by Gasteiger charge is -2.17. The molecule has 5 heteroatoms. The SMILES string of the molecule is CCc1ccc(C(CO)NC(=O)c2cccnc2OC)cc1. The number of nitrogens with zero attached hydrogens (tertiary/aromatic N) is 1. The van der Waals surface area contributed by atoms with Gasteiger partial charge in [0.05, 0.1) is 19.8 Å².